The molecule has 68 valence electrons. The predicted octanol–water partition coefficient (Wildman–Crippen LogP) is 1.66. The monoisotopic (exact) mass is 193 g/mol. The molecule has 2 aromatic heterocycles. The summed E-state index contributed by atoms with van der Waals surface area (Å²) in [5.74, 6) is 0. The van der Waals surface area contributed by atoms with Gasteiger partial charge in [-0.2, -0.15) is 5.10 Å². The van der Waals surface area contributed by atoms with Crippen LogP contribution in [0.4, 0.5) is 0 Å². The Labute approximate surface area is 81.1 Å². The Morgan fingerprint density at radius 2 is 2.38 bits per heavy atom. The Morgan fingerprint density at radius 1 is 1.46 bits per heavy atom. The van der Waals surface area contributed by atoms with Crippen LogP contribution in [0, 0.1) is 0 Å². The highest BCUT2D eigenvalue weighted by Crippen LogP contribution is 2.06. The molecular formula is C9H11N3S. The van der Waals surface area contributed by atoms with E-state index in [4.69, 9.17) is 0 Å². The molecule has 0 spiro atoms. The summed E-state index contributed by atoms with van der Waals surface area (Å²) in [4.78, 5) is 4.23. The molecule has 0 aromatic carbocycles. The van der Waals surface area contributed by atoms with E-state index in [1.165, 1.54) is 11.3 Å². The number of nitrogens with zero attached hydrogens (tertiary/aromatic N) is 3. The van der Waals surface area contributed by atoms with Gasteiger partial charge in [0.2, 0.25) is 0 Å². The van der Waals surface area contributed by atoms with Crippen molar-refractivity contribution in [1.29, 1.82) is 0 Å². The maximum atomic E-state index is 4.23. The molecule has 2 rings (SSSR count). The number of aryl methyl sites for hydroxylation is 3. The molecule has 3 nitrogen and oxygen atoms in total. The number of hydrogen-bond acceptors (Lipinski definition) is 3. The van der Waals surface area contributed by atoms with E-state index in [9.17, 15) is 0 Å². The van der Waals surface area contributed by atoms with Gasteiger partial charge < -0.3 is 0 Å². The third kappa shape index (κ3) is 2.15. The number of aromatic nitrogens is 3. The predicted molar refractivity (Wildman–Crippen MR) is 52.7 cm³/mol. The maximum absolute atomic E-state index is 4.23. The minimum Gasteiger partial charge on any atom is -0.276 e. The molecule has 0 unspecified atom stereocenters. The third-order valence-electron chi connectivity index (χ3n) is 1.91. The van der Waals surface area contributed by atoms with Crippen LogP contribution in [0.1, 0.15) is 11.3 Å². The average Bonchev–Trinajstić information content (AvgIpc) is 2.71. The maximum Gasteiger partial charge on any atom is 0.0794 e. The van der Waals surface area contributed by atoms with Crippen LogP contribution in [-0.2, 0) is 19.9 Å². The van der Waals surface area contributed by atoms with Crippen molar-refractivity contribution in [3.05, 3.63) is 34.5 Å². The van der Waals surface area contributed by atoms with Gasteiger partial charge in [-0.1, -0.05) is 0 Å². The zero-order chi connectivity index (χ0) is 9.10. The normalized spacial score (nSPS) is 10.5. The molecule has 0 saturated carbocycles. The van der Waals surface area contributed by atoms with Crippen LogP contribution in [0.25, 0.3) is 0 Å². The van der Waals surface area contributed by atoms with E-state index < -0.39 is 0 Å². The zero-order valence-corrected chi connectivity index (χ0v) is 8.29. The SMILES string of the molecule is Cn1cc(CCc2cscn2)cn1. The van der Waals surface area contributed by atoms with E-state index in [2.05, 4.69) is 15.5 Å². The van der Waals surface area contributed by atoms with E-state index in [1.54, 1.807) is 11.3 Å². The van der Waals surface area contributed by atoms with Crippen LogP contribution >= 0.6 is 11.3 Å². The van der Waals surface area contributed by atoms with Crippen LogP contribution in [-0.4, -0.2) is 14.8 Å². The lowest BCUT2D eigenvalue weighted by atomic mass is 10.2. The van der Waals surface area contributed by atoms with Gasteiger partial charge in [-0.05, 0) is 18.4 Å². The molecule has 0 atom stereocenters. The van der Waals surface area contributed by atoms with Crippen molar-refractivity contribution in [2.45, 2.75) is 12.8 Å². The Kier molecular flexibility index (Phi) is 2.40. The number of thiazole rings is 1. The van der Waals surface area contributed by atoms with Crippen molar-refractivity contribution in [3.8, 4) is 0 Å². The fraction of sp³-hybridized carbons (Fsp3) is 0.333. The second kappa shape index (κ2) is 3.70. The lowest BCUT2D eigenvalue weighted by Gasteiger charge is -1.92. The minimum atomic E-state index is 1.01. The van der Waals surface area contributed by atoms with E-state index in [0.29, 0.717) is 0 Å². The number of hydrogen-bond donors (Lipinski definition) is 0. The highest BCUT2D eigenvalue weighted by Gasteiger charge is 1.98. The minimum absolute atomic E-state index is 1.01. The summed E-state index contributed by atoms with van der Waals surface area (Å²) in [6, 6.07) is 0. The summed E-state index contributed by atoms with van der Waals surface area (Å²) >= 11 is 1.65. The van der Waals surface area contributed by atoms with Gasteiger partial charge in [0, 0.05) is 18.6 Å². The summed E-state index contributed by atoms with van der Waals surface area (Å²) in [5.41, 5.74) is 4.32. The fourth-order valence-electron chi connectivity index (χ4n) is 1.23. The summed E-state index contributed by atoms with van der Waals surface area (Å²) in [7, 11) is 1.94. The van der Waals surface area contributed by atoms with Gasteiger partial charge in [0.05, 0.1) is 17.4 Å². The highest BCUT2D eigenvalue weighted by molar-refractivity contribution is 7.07. The topological polar surface area (TPSA) is 30.7 Å². The molecule has 0 fully saturated rings. The standard InChI is InChI=1S/C9H11N3S/c1-12-5-8(4-11-12)2-3-9-6-13-7-10-9/h4-7H,2-3H2,1H3. The molecule has 2 heterocycles. The highest BCUT2D eigenvalue weighted by atomic mass is 32.1. The summed E-state index contributed by atoms with van der Waals surface area (Å²) in [6.45, 7) is 0. The van der Waals surface area contributed by atoms with Crippen molar-refractivity contribution in [3.63, 3.8) is 0 Å². The van der Waals surface area contributed by atoms with Crippen LogP contribution in [0.5, 0.6) is 0 Å². The van der Waals surface area contributed by atoms with Gasteiger partial charge in [0.25, 0.3) is 0 Å². The van der Waals surface area contributed by atoms with Crippen molar-refractivity contribution in [2.24, 2.45) is 7.05 Å². The Morgan fingerprint density at radius 3 is 3.00 bits per heavy atom. The zero-order valence-electron chi connectivity index (χ0n) is 7.47. The Hall–Kier alpha value is -1.16. The average molecular weight is 193 g/mol. The van der Waals surface area contributed by atoms with Gasteiger partial charge in [-0.15, -0.1) is 11.3 Å². The van der Waals surface area contributed by atoms with Gasteiger partial charge in [-0.25, -0.2) is 4.98 Å². The first-order chi connectivity index (χ1) is 6.34. The molecule has 0 radical (unpaired) electrons. The van der Waals surface area contributed by atoms with Gasteiger partial charge in [0.1, 0.15) is 0 Å². The van der Waals surface area contributed by atoms with E-state index in [0.717, 1.165) is 12.8 Å². The van der Waals surface area contributed by atoms with Crippen molar-refractivity contribution in [1.82, 2.24) is 14.8 Å². The number of rotatable bonds is 3. The third-order valence-corrected chi connectivity index (χ3v) is 2.55. The second-order valence-corrected chi connectivity index (χ2v) is 3.72. The van der Waals surface area contributed by atoms with Crippen molar-refractivity contribution >= 4 is 11.3 Å². The van der Waals surface area contributed by atoms with Gasteiger partial charge in [-0.3, -0.25) is 4.68 Å². The molecule has 2 aromatic rings. The van der Waals surface area contributed by atoms with Crippen molar-refractivity contribution < 1.29 is 0 Å². The molecule has 0 saturated heterocycles. The first kappa shape index (κ1) is 8.44. The van der Waals surface area contributed by atoms with Crippen LogP contribution in [0.2, 0.25) is 0 Å². The first-order valence-corrected chi connectivity index (χ1v) is 5.13. The van der Waals surface area contributed by atoms with Gasteiger partial charge in [0.15, 0.2) is 0 Å². The molecule has 0 N–H and O–H groups in total. The van der Waals surface area contributed by atoms with Gasteiger partial charge >= 0.3 is 0 Å². The molecule has 0 aliphatic rings. The summed E-state index contributed by atoms with van der Waals surface area (Å²) in [6.07, 6.45) is 5.99. The molecule has 0 aliphatic heterocycles. The molecule has 4 heteroatoms. The quantitative estimate of drug-likeness (QED) is 0.742. The van der Waals surface area contributed by atoms with Crippen molar-refractivity contribution in [2.75, 3.05) is 0 Å². The lowest BCUT2D eigenvalue weighted by Crippen LogP contribution is -1.89. The van der Waals surface area contributed by atoms with E-state index >= 15 is 0 Å². The van der Waals surface area contributed by atoms with Crippen LogP contribution < -0.4 is 0 Å². The molecule has 0 amide bonds. The molecule has 0 bridgehead atoms. The largest absolute Gasteiger partial charge is 0.276 e. The first-order valence-electron chi connectivity index (χ1n) is 4.19. The molecule has 0 aliphatic carbocycles. The van der Waals surface area contributed by atoms with E-state index in [-0.39, 0.29) is 0 Å². The summed E-state index contributed by atoms with van der Waals surface area (Å²) < 4.78 is 1.83. The van der Waals surface area contributed by atoms with E-state index in [1.807, 2.05) is 29.6 Å². The molecular weight excluding hydrogens is 182 g/mol. The summed E-state index contributed by atoms with van der Waals surface area (Å²) in [5, 5.41) is 6.21. The Bertz CT molecular complexity index is 364. The van der Waals surface area contributed by atoms with Crippen LogP contribution in [0.15, 0.2) is 23.3 Å². The second-order valence-electron chi connectivity index (χ2n) is 3.00. The fourth-order valence-corrected chi connectivity index (χ4v) is 1.83. The molecule has 13 heavy (non-hydrogen) atoms. The lowest BCUT2D eigenvalue weighted by molar-refractivity contribution is 0.766. The van der Waals surface area contributed by atoms with Crippen LogP contribution in [0.3, 0.4) is 0 Å². The smallest absolute Gasteiger partial charge is 0.0794 e. The Balaban J connectivity index is 1.93.